The highest BCUT2D eigenvalue weighted by Gasteiger charge is 2.27. The summed E-state index contributed by atoms with van der Waals surface area (Å²) in [6.45, 7) is 7.03. The first-order chi connectivity index (χ1) is 13.0. The predicted molar refractivity (Wildman–Crippen MR) is 103 cm³/mol. The Kier molecular flexibility index (Phi) is 6.79. The van der Waals surface area contributed by atoms with Crippen molar-refractivity contribution in [2.45, 2.75) is 32.2 Å². The van der Waals surface area contributed by atoms with E-state index in [0.29, 0.717) is 6.54 Å². The molecule has 0 radical (unpaired) electrons. The van der Waals surface area contributed by atoms with Gasteiger partial charge in [0.15, 0.2) is 0 Å². The molecule has 1 N–H and O–H groups in total. The standard InChI is InChI=1S/C20H29FN4O2/c1-16(20(27)22-18-8-4-3-7-17(18)21)24-13-11-23(12-14-24)15-19(26)25-9-5-2-6-10-25/h3-4,7-8,16H,2,5-6,9-15H2,1H3,(H,22,27). The molecule has 1 unspecified atom stereocenters. The van der Waals surface area contributed by atoms with Gasteiger partial charge in [0, 0.05) is 39.3 Å². The van der Waals surface area contributed by atoms with Gasteiger partial charge in [-0.3, -0.25) is 19.4 Å². The molecular weight excluding hydrogens is 347 g/mol. The topological polar surface area (TPSA) is 55.9 Å². The summed E-state index contributed by atoms with van der Waals surface area (Å²) >= 11 is 0. The number of halogens is 1. The maximum Gasteiger partial charge on any atom is 0.241 e. The lowest BCUT2D eigenvalue weighted by molar-refractivity contribution is -0.134. The lowest BCUT2D eigenvalue weighted by Crippen LogP contribution is -2.54. The van der Waals surface area contributed by atoms with Crippen LogP contribution in [0.4, 0.5) is 10.1 Å². The number of carbonyl (C=O) groups is 2. The largest absolute Gasteiger partial charge is 0.342 e. The van der Waals surface area contributed by atoms with Crippen molar-refractivity contribution in [3.63, 3.8) is 0 Å². The number of likely N-dealkylation sites (tertiary alicyclic amines) is 1. The minimum Gasteiger partial charge on any atom is -0.342 e. The molecule has 1 aromatic rings. The molecule has 0 bridgehead atoms. The van der Waals surface area contributed by atoms with Crippen LogP contribution in [0.2, 0.25) is 0 Å². The van der Waals surface area contributed by atoms with Gasteiger partial charge in [0.1, 0.15) is 5.82 Å². The van der Waals surface area contributed by atoms with Crippen LogP contribution in [-0.2, 0) is 9.59 Å². The lowest BCUT2D eigenvalue weighted by atomic mass is 10.1. The Morgan fingerprint density at radius 2 is 1.70 bits per heavy atom. The SMILES string of the molecule is CC(C(=O)Nc1ccccc1F)N1CCN(CC(=O)N2CCCCC2)CC1. The second-order valence-corrected chi connectivity index (χ2v) is 7.40. The number of amides is 2. The summed E-state index contributed by atoms with van der Waals surface area (Å²) in [4.78, 5) is 31.0. The molecule has 1 atom stereocenters. The molecule has 27 heavy (non-hydrogen) atoms. The van der Waals surface area contributed by atoms with Crippen LogP contribution in [0.3, 0.4) is 0 Å². The third kappa shape index (κ3) is 5.26. The Morgan fingerprint density at radius 3 is 2.37 bits per heavy atom. The summed E-state index contributed by atoms with van der Waals surface area (Å²) in [5.41, 5.74) is 0.208. The van der Waals surface area contributed by atoms with E-state index in [0.717, 1.165) is 52.1 Å². The van der Waals surface area contributed by atoms with Crippen molar-refractivity contribution in [1.29, 1.82) is 0 Å². The number of nitrogens with one attached hydrogen (secondary N) is 1. The number of para-hydroxylation sites is 1. The second-order valence-electron chi connectivity index (χ2n) is 7.40. The molecule has 2 amide bonds. The zero-order chi connectivity index (χ0) is 19.2. The third-order valence-corrected chi connectivity index (χ3v) is 5.53. The first-order valence-corrected chi connectivity index (χ1v) is 9.84. The number of anilines is 1. The summed E-state index contributed by atoms with van der Waals surface area (Å²) < 4.78 is 13.7. The van der Waals surface area contributed by atoms with Crippen molar-refractivity contribution < 1.29 is 14.0 Å². The Bertz CT molecular complexity index is 655. The molecule has 1 aromatic carbocycles. The minimum atomic E-state index is -0.431. The molecule has 0 aliphatic carbocycles. The van der Waals surface area contributed by atoms with Gasteiger partial charge in [-0.05, 0) is 38.3 Å². The highest BCUT2D eigenvalue weighted by Crippen LogP contribution is 2.15. The number of rotatable bonds is 5. The van der Waals surface area contributed by atoms with Crippen LogP contribution in [0.15, 0.2) is 24.3 Å². The Labute approximate surface area is 160 Å². The summed E-state index contributed by atoms with van der Waals surface area (Å²) in [5, 5.41) is 2.66. The fourth-order valence-electron chi connectivity index (χ4n) is 3.71. The number of nitrogens with zero attached hydrogens (tertiary/aromatic N) is 3. The van der Waals surface area contributed by atoms with E-state index in [1.54, 1.807) is 18.2 Å². The number of piperazine rings is 1. The van der Waals surface area contributed by atoms with E-state index in [4.69, 9.17) is 0 Å². The van der Waals surface area contributed by atoms with Gasteiger partial charge in [-0.15, -0.1) is 0 Å². The molecule has 0 saturated carbocycles. The van der Waals surface area contributed by atoms with E-state index in [1.165, 1.54) is 12.5 Å². The normalized spacial score (nSPS) is 20.3. The van der Waals surface area contributed by atoms with Gasteiger partial charge in [-0.25, -0.2) is 4.39 Å². The molecule has 2 saturated heterocycles. The van der Waals surface area contributed by atoms with Crippen LogP contribution >= 0.6 is 0 Å². The van der Waals surface area contributed by atoms with E-state index in [-0.39, 0.29) is 23.5 Å². The van der Waals surface area contributed by atoms with Crippen molar-refractivity contribution in [3.8, 4) is 0 Å². The van der Waals surface area contributed by atoms with E-state index >= 15 is 0 Å². The molecule has 7 heteroatoms. The molecule has 0 spiro atoms. The molecule has 2 aliphatic rings. The van der Waals surface area contributed by atoms with E-state index in [1.807, 2.05) is 11.8 Å². The van der Waals surface area contributed by atoms with Gasteiger partial charge in [0.2, 0.25) is 11.8 Å². The van der Waals surface area contributed by atoms with Crippen molar-refractivity contribution in [2.75, 3.05) is 51.1 Å². The van der Waals surface area contributed by atoms with Gasteiger partial charge >= 0.3 is 0 Å². The van der Waals surface area contributed by atoms with E-state index in [2.05, 4.69) is 15.1 Å². The van der Waals surface area contributed by atoms with Crippen molar-refractivity contribution >= 4 is 17.5 Å². The summed E-state index contributed by atoms with van der Waals surface area (Å²) in [6, 6.07) is 5.84. The summed E-state index contributed by atoms with van der Waals surface area (Å²) in [7, 11) is 0. The minimum absolute atomic E-state index is 0.208. The first kappa shape index (κ1) is 19.8. The maximum atomic E-state index is 13.7. The summed E-state index contributed by atoms with van der Waals surface area (Å²) in [6.07, 6.45) is 3.43. The van der Waals surface area contributed by atoms with Crippen LogP contribution in [-0.4, -0.2) is 78.4 Å². The molecular formula is C20H29FN4O2. The quantitative estimate of drug-likeness (QED) is 0.851. The van der Waals surface area contributed by atoms with E-state index in [9.17, 15) is 14.0 Å². The van der Waals surface area contributed by atoms with Crippen LogP contribution in [0.1, 0.15) is 26.2 Å². The van der Waals surface area contributed by atoms with Crippen molar-refractivity contribution in [1.82, 2.24) is 14.7 Å². The van der Waals surface area contributed by atoms with Crippen LogP contribution < -0.4 is 5.32 Å². The van der Waals surface area contributed by atoms with Crippen LogP contribution in [0, 0.1) is 5.82 Å². The van der Waals surface area contributed by atoms with Gasteiger partial charge in [0.25, 0.3) is 0 Å². The van der Waals surface area contributed by atoms with Crippen LogP contribution in [0.5, 0.6) is 0 Å². The van der Waals surface area contributed by atoms with Gasteiger partial charge in [-0.2, -0.15) is 0 Å². The number of benzene rings is 1. The van der Waals surface area contributed by atoms with Crippen molar-refractivity contribution in [3.05, 3.63) is 30.1 Å². The fraction of sp³-hybridized carbons (Fsp3) is 0.600. The van der Waals surface area contributed by atoms with E-state index < -0.39 is 5.82 Å². The molecule has 2 aliphatic heterocycles. The molecule has 3 rings (SSSR count). The van der Waals surface area contributed by atoms with Gasteiger partial charge < -0.3 is 10.2 Å². The van der Waals surface area contributed by atoms with Gasteiger partial charge in [-0.1, -0.05) is 12.1 Å². The van der Waals surface area contributed by atoms with Crippen LogP contribution in [0.25, 0.3) is 0 Å². The monoisotopic (exact) mass is 376 g/mol. The average molecular weight is 376 g/mol. The predicted octanol–water partition coefficient (Wildman–Crippen LogP) is 1.78. The second kappa shape index (κ2) is 9.28. The Hall–Kier alpha value is -1.99. The average Bonchev–Trinajstić information content (AvgIpc) is 2.70. The molecule has 2 fully saturated rings. The van der Waals surface area contributed by atoms with Crippen molar-refractivity contribution in [2.24, 2.45) is 0 Å². The lowest BCUT2D eigenvalue weighted by Gasteiger charge is -2.38. The number of hydrogen-bond donors (Lipinski definition) is 1. The number of hydrogen-bond acceptors (Lipinski definition) is 4. The highest BCUT2D eigenvalue weighted by atomic mass is 19.1. The molecule has 6 nitrogen and oxygen atoms in total. The zero-order valence-corrected chi connectivity index (χ0v) is 16.0. The first-order valence-electron chi connectivity index (χ1n) is 9.84. The molecule has 2 heterocycles. The van der Waals surface area contributed by atoms with Gasteiger partial charge in [0.05, 0.1) is 18.3 Å². The number of carbonyl (C=O) groups excluding carboxylic acids is 2. The Morgan fingerprint density at radius 1 is 1.04 bits per heavy atom. The zero-order valence-electron chi connectivity index (χ0n) is 16.0. The number of piperidine rings is 1. The maximum absolute atomic E-state index is 13.7. The molecule has 0 aromatic heterocycles. The third-order valence-electron chi connectivity index (χ3n) is 5.53. The molecule has 148 valence electrons. The Balaban J connectivity index is 1.44. The smallest absolute Gasteiger partial charge is 0.241 e. The highest BCUT2D eigenvalue weighted by molar-refractivity contribution is 5.94. The summed E-state index contributed by atoms with van der Waals surface area (Å²) in [5.74, 6) is -0.425. The fourth-order valence-corrected chi connectivity index (χ4v) is 3.71.